The summed E-state index contributed by atoms with van der Waals surface area (Å²) in [5.41, 5.74) is 4.87. The van der Waals surface area contributed by atoms with Crippen LogP contribution in [0.25, 0.3) is 6.08 Å². The van der Waals surface area contributed by atoms with E-state index in [0.717, 1.165) is 35.5 Å². The van der Waals surface area contributed by atoms with Gasteiger partial charge < -0.3 is 9.47 Å². The number of allylic oxidation sites excluding steroid dienone is 1. The molecule has 32 heavy (non-hydrogen) atoms. The van der Waals surface area contributed by atoms with Crippen molar-refractivity contribution in [2.75, 3.05) is 6.73 Å². The van der Waals surface area contributed by atoms with Crippen LogP contribution in [-0.2, 0) is 18.5 Å². The molecule has 0 aliphatic carbocycles. The van der Waals surface area contributed by atoms with Gasteiger partial charge in [-0.15, -0.1) is 11.3 Å². The Hall–Kier alpha value is -2.89. The van der Waals surface area contributed by atoms with Crippen molar-refractivity contribution in [1.82, 2.24) is 4.90 Å². The molecule has 0 amide bonds. The molecule has 0 radical (unpaired) electrons. The molecule has 0 atom stereocenters. The third-order valence-corrected chi connectivity index (χ3v) is 6.90. The van der Waals surface area contributed by atoms with E-state index in [9.17, 15) is 4.79 Å². The van der Waals surface area contributed by atoms with Crippen molar-refractivity contribution < 1.29 is 14.3 Å². The number of ether oxygens (including phenoxy) is 2. The smallest absolute Gasteiger partial charge is 0.231 e. The molecule has 0 saturated heterocycles. The van der Waals surface area contributed by atoms with E-state index in [4.69, 9.17) is 9.47 Å². The lowest BCUT2D eigenvalue weighted by Gasteiger charge is -2.30. The summed E-state index contributed by atoms with van der Waals surface area (Å²) in [7, 11) is 0. The Morgan fingerprint density at radius 2 is 1.91 bits per heavy atom. The predicted molar refractivity (Wildman–Crippen MR) is 128 cm³/mol. The second-order valence-electron chi connectivity index (χ2n) is 9.52. The van der Waals surface area contributed by atoms with Crippen LogP contribution in [0.15, 0.2) is 53.6 Å². The molecule has 0 N–H and O–H groups in total. The van der Waals surface area contributed by atoms with Crippen molar-refractivity contribution in [3.8, 4) is 11.5 Å². The number of thiophene rings is 1. The van der Waals surface area contributed by atoms with E-state index in [-0.39, 0.29) is 11.2 Å². The summed E-state index contributed by atoms with van der Waals surface area (Å²) in [6.45, 7) is 10.7. The Balaban J connectivity index is 1.40. The van der Waals surface area contributed by atoms with Crippen LogP contribution >= 0.6 is 11.3 Å². The molecule has 0 saturated carbocycles. The summed E-state index contributed by atoms with van der Waals surface area (Å²) in [5, 5.41) is 2.09. The minimum Gasteiger partial charge on any atom is -0.477 e. The summed E-state index contributed by atoms with van der Waals surface area (Å²) < 4.78 is 12.1. The lowest BCUT2D eigenvalue weighted by Crippen LogP contribution is -2.31. The monoisotopic (exact) mass is 445 g/mol. The van der Waals surface area contributed by atoms with Crippen LogP contribution in [0.5, 0.6) is 11.5 Å². The van der Waals surface area contributed by atoms with Gasteiger partial charge in [0.15, 0.2) is 5.76 Å². The molecule has 5 heteroatoms. The normalized spacial score (nSPS) is 17.1. The third kappa shape index (κ3) is 3.87. The Bertz CT molecular complexity index is 1200. The van der Waals surface area contributed by atoms with Crippen LogP contribution < -0.4 is 9.47 Å². The van der Waals surface area contributed by atoms with Gasteiger partial charge in [0.2, 0.25) is 5.78 Å². The zero-order valence-corrected chi connectivity index (χ0v) is 19.7. The summed E-state index contributed by atoms with van der Waals surface area (Å²) in [4.78, 5) is 16.7. The van der Waals surface area contributed by atoms with Gasteiger partial charge in [0.05, 0.1) is 5.56 Å². The van der Waals surface area contributed by atoms with Crippen LogP contribution in [0.4, 0.5) is 0 Å². The number of benzene rings is 2. The van der Waals surface area contributed by atoms with E-state index in [1.54, 1.807) is 11.3 Å². The highest BCUT2D eigenvalue weighted by atomic mass is 32.1. The lowest BCUT2D eigenvalue weighted by molar-refractivity contribution is 0.0886. The minimum atomic E-state index is -0.0684. The van der Waals surface area contributed by atoms with Gasteiger partial charge in [-0.25, -0.2) is 0 Å². The average molecular weight is 446 g/mol. The molecule has 2 aromatic carbocycles. The molecular formula is C27H27NO3S. The first kappa shape index (κ1) is 21.0. The molecule has 0 unspecified atom stereocenters. The topological polar surface area (TPSA) is 38.8 Å². The molecule has 3 aromatic rings. The zero-order chi connectivity index (χ0) is 22.5. The van der Waals surface area contributed by atoms with E-state index in [0.29, 0.717) is 23.8 Å². The van der Waals surface area contributed by atoms with Crippen molar-refractivity contribution in [3.63, 3.8) is 0 Å². The van der Waals surface area contributed by atoms with Crippen LogP contribution in [0.1, 0.15) is 58.3 Å². The molecule has 2 aliphatic heterocycles. The standard InChI is InChI=1S/C27H27NO3S/c1-17-25-19(14-28(16-30-25)15-21-6-5-11-32-21)13-22-24(29)23(31-26(17)22)12-18-7-9-20(10-8-18)27(2,3)4/h5-13H,14-16H2,1-4H3/b23-12-. The summed E-state index contributed by atoms with van der Waals surface area (Å²) in [5.74, 6) is 1.76. The van der Waals surface area contributed by atoms with Gasteiger partial charge in [0, 0.05) is 29.1 Å². The van der Waals surface area contributed by atoms with Gasteiger partial charge in [-0.1, -0.05) is 51.1 Å². The molecule has 4 nitrogen and oxygen atoms in total. The zero-order valence-electron chi connectivity index (χ0n) is 18.9. The molecule has 0 bridgehead atoms. The van der Waals surface area contributed by atoms with Gasteiger partial charge in [0.25, 0.3) is 0 Å². The molecule has 3 heterocycles. The van der Waals surface area contributed by atoms with E-state index in [1.165, 1.54) is 10.4 Å². The molecule has 2 aliphatic rings. The Morgan fingerprint density at radius 1 is 1.12 bits per heavy atom. The van der Waals surface area contributed by atoms with E-state index in [1.807, 2.05) is 31.2 Å². The maximum absolute atomic E-state index is 13.2. The van der Waals surface area contributed by atoms with Crippen LogP contribution in [-0.4, -0.2) is 17.4 Å². The fourth-order valence-corrected chi connectivity index (χ4v) is 5.00. The number of Topliss-reactive ketones (excluding diaryl/α,β-unsaturated/α-hetero) is 1. The van der Waals surface area contributed by atoms with E-state index < -0.39 is 0 Å². The van der Waals surface area contributed by atoms with Gasteiger partial charge >= 0.3 is 0 Å². The highest BCUT2D eigenvalue weighted by Crippen LogP contribution is 2.43. The van der Waals surface area contributed by atoms with Crippen molar-refractivity contribution >= 4 is 23.2 Å². The number of hydrogen-bond acceptors (Lipinski definition) is 5. The van der Waals surface area contributed by atoms with Crippen molar-refractivity contribution in [3.05, 3.63) is 86.3 Å². The summed E-state index contributed by atoms with van der Waals surface area (Å²) >= 11 is 1.75. The average Bonchev–Trinajstić information content (AvgIpc) is 3.37. The quantitative estimate of drug-likeness (QED) is 0.442. The number of ketones is 1. The molecule has 164 valence electrons. The van der Waals surface area contributed by atoms with Gasteiger partial charge in [-0.2, -0.15) is 0 Å². The van der Waals surface area contributed by atoms with E-state index >= 15 is 0 Å². The molecule has 0 fully saturated rings. The number of carbonyl (C=O) groups is 1. The second kappa shape index (κ2) is 7.91. The summed E-state index contributed by atoms with van der Waals surface area (Å²) in [6, 6.07) is 14.4. The number of carbonyl (C=O) groups excluding carboxylic acids is 1. The fraction of sp³-hybridized carbons (Fsp3) is 0.296. The lowest BCUT2D eigenvalue weighted by atomic mass is 9.86. The van der Waals surface area contributed by atoms with Crippen molar-refractivity contribution in [1.29, 1.82) is 0 Å². The largest absolute Gasteiger partial charge is 0.477 e. The maximum Gasteiger partial charge on any atom is 0.231 e. The Kier molecular flexibility index (Phi) is 5.19. The van der Waals surface area contributed by atoms with Crippen LogP contribution in [0.2, 0.25) is 0 Å². The highest BCUT2D eigenvalue weighted by molar-refractivity contribution is 7.09. The predicted octanol–water partition coefficient (Wildman–Crippen LogP) is 6.32. The Labute approximate surface area is 193 Å². The molecule has 0 spiro atoms. The number of nitrogens with zero attached hydrogens (tertiary/aromatic N) is 1. The number of hydrogen-bond donors (Lipinski definition) is 0. The van der Waals surface area contributed by atoms with Crippen molar-refractivity contribution in [2.45, 2.75) is 46.2 Å². The van der Waals surface area contributed by atoms with Crippen molar-refractivity contribution in [2.24, 2.45) is 0 Å². The summed E-state index contributed by atoms with van der Waals surface area (Å²) in [6.07, 6.45) is 1.83. The van der Waals surface area contributed by atoms with Gasteiger partial charge in [-0.3, -0.25) is 9.69 Å². The maximum atomic E-state index is 13.2. The first-order valence-corrected chi connectivity index (χ1v) is 11.8. The molecule has 5 rings (SSSR count). The first-order valence-electron chi connectivity index (χ1n) is 10.9. The number of rotatable bonds is 3. The Morgan fingerprint density at radius 3 is 2.59 bits per heavy atom. The highest BCUT2D eigenvalue weighted by Gasteiger charge is 2.33. The van der Waals surface area contributed by atoms with E-state index in [2.05, 4.69) is 55.3 Å². The van der Waals surface area contributed by atoms with Gasteiger partial charge in [0.1, 0.15) is 18.2 Å². The SMILES string of the molecule is Cc1c2c(cc3c1O/C(=C\c1ccc(C(C)(C)C)cc1)C3=O)CN(Cc1cccs1)CO2. The third-order valence-electron chi connectivity index (χ3n) is 6.04. The molecular weight excluding hydrogens is 418 g/mol. The fourth-order valence-electron chi connectivity index (χ4n) is 4.25. The first-order chi connectivity index (χ1) is 15.3. The molecule has 1 aromatic heterocycles. The minimum absolute atomic E-state index is 0.0684. The second-order valence-corrected chi connectivity index (χ2v) is 10.6. The van der Waals surface area contributed by atoms with Gasteiger partial charge in [-0.05, 0) is 47.1 Å². The van der Waals surface area contributed by atoms with Crippen LogP contribution in [0.3, 0.4) is 0 Å². The van der Waals surface area contributed by atoms with Crippen LogP contribution in [0, 0.1) is 6.92 Å². The number of fused-ring (bicyclic) bond motifs is 2.